The van der Waals surface area contributed by atoms with Gasteiger partial charge in [0.25, 0.3) is 5.91 Å². The predicted octanol–water partition coefficient (Wildman–Crippen LogP) is 3.69. The molecular weight excluding hydrogens is 366 g/mol. The molecule has 3 aliphatic rings. The first-order valence-corrected chi connectivity index (χ1v) is 9.44. The fourth-order valence-corrected chi connectivity index (χ4v) is 4.36. The van der Waals surface area contributed by atoms with Gasteiger partial charge in [-0.15, -0.1) is 0 Å². The number of carbonyl (C=O) groups excluding carboxylic acids is 1. The van der Waals surface area contributed by atoms with Crippen molar-refractivity contribution in [1.82, 2.24) is 9.88 Å². The van der Waals surface area contributed by atoms with Crippen molar-refractivity contribution in [3.8, 4) is 11.6 Å². The second kappa shape index (κ2) is 7.73. The second-order valence-corrected chi connectivity index (χ2v) is 7.39. The smallest absolute Gasteiger partial charge is 0.257 e. The first-order chi connectivity index (χ1) is 13.6. The monoisotopic (exact) mass is 388 g/mol. The summed E-state index contributed by atoms with van der Waals surface area (Å²) in [5.74, 6) is -0.0975. The number of carbonyl (C=O) groups is 1. The highest BCUT2D eigenvalue weighted by atomic mass is 19.1. The fraction of sp³-hybridized carbons (Fsp3) is 0.429. The lowest BCUT2D eigenvalue weighted by molar-refractivity contribution is -0.00492. The van der Waals surface area contributed by atoms with Crippen LogP contribution in [0.25, 0.3) is 0 Å². The second-order valence-electron chi connectivity index (χ2n) is 7.39. The highest BCUT2D eigenvalue weighted by Gasteiger charge is 2.43. The Morgan fingerprint density at radius 2 is 2.11 bits per heavy atom. The van der Waals surface area contributed by atoms with Crippen LogP contribution in [-0.2, 0) is 0 Å². The molecule has 2 saturated heterocycles. The zero-order valence-corrected chi connectivity index (χ0v) is 15.6. The van der Waals surface area contributed by atoms with Crippen LogP contribution >= 0.6 is 0 Å². The van der Waals surface area contributed by atoms with Crippen LogP contribution < -0.4 is 9.47 Å². The Hall–Kier alpha value is -2.70. The average molecular weight is 388 g/mol. The molecule has 3 atom stereocenters. The van der Waals surface area contributed by atoms with Crippen molar-refractivity contribution in [3.05, 3.63) is 53.7 Å². The van der Waals surface area contributed by atoms with E-state index in [1.165, 1.54) is 31.4 Å². The van der Waals surface area contributed by atoms with Crippen LogP contribution in [0.1, 0.15) is 29.6 Å². The Morgan fingerprint density at radius 3 is 2.79 bits per heavy atom. The summed E-state index contributed by atoms with van der Waals surface area (Å²) in [5, 5.41) is 0. The summed E-state index contributed by atoms with van der Waals surface area (Å²) in [7, 11) is 1.37. The third-order valence-electron chi connectivity index (χ3n) is 5.79. The highest BCUT2D eigenvalue weighted by molar-refractivity contribution is 5.97. The Labute approximate surface area is 162 Å². The zero-order valence-electron chi connectivity index (χ0n) is 15.6. The van der Waals surface area contributed by atoms with E-state index in [-0.39, 0.29) is 23.3 Å². The molecule has 2 bridgehead atoms. The Kier molecular flexibility index (Phi) is 5.15. The van der Waals surface area contributed by atoms with Crippen LogP contribution in [0, 0.1) is 23.5 Å². The Balaban J connectivity index is 1.43. The lowest BCUT2D eigenvalue weighted by atomic mass is 9.72. The van der Waals surface area contributed by atoms with Crippen LogP contribution in [-0.4, -0.2) is 42.1 Å². The summed E-state index contributed by atoms with van der Waals surface area (Å²) in [6.45, 7) is 1.11. The van der Waals surface area contributed by atoms with Gasteiger partial charge in [-0.25, -0.2) is 13.8 Å². The molecule has 3 unspecified atom stereocenters. The lowest BCUT2D eigenvalue weighted by Crippen LogP contribution is -2.55. The molecule has 5 rings (SSSR count). The van der Waals surface area contributed by atoms with E-state index in [0.29, 0.717) is 30.9 Å². The zero-order chi connectivity index (χ0) is 19.7. The molecule has 28 heavy (non-hydrogen) atoms. The van der Waals surface area contributed by atoms with Gasteiger partial charge in [-0.3, -0.25) is 4.79 Å². The van der Waals surface area contributed by atoms with E-state index in [2.05, 4.69) is 4.98 Å². The minimum Gasteiger partial charge on any atom is -0.493 e. The number of nitrogens with zero attached hydrogens (tertiary/aromatic N) is 2. The summed E-state index contributed by atoms with van der Waals surface area (Å²) in [6.07, 6.45) is 3.92. The SMILES string of the molecule is COc1c(F)cccc1C(=O)N1CC2CCC1CC2COc1ccc(F)cn1. The first-order valence-electron chi connectivity index (χ1n) is 9.44. The van der Waals surface area contributed by atoms with Crippen molar-refractivity contribution in [3.63, 3.8) is 0 Å². The number of para-hydroxylation sites is 1. The number of amides is 1. The number of piperidine rings is 2. The van der Waals surface area contributed by atoms with Crippen LogP contribution in [0.4, 0.5) is 8.78 Å². The van der Waals surface area contributed by atoms with Gasteiger partial charge >= 0.3 is 0 Å². The van der Waals surface area contributed by atoms with Gasteiger partial charge in [0.2, 0.25) is 5.88 Å². The molecule has 0 N–H and O–H groups in total. The van der Waals surface area contributed by atoms with E-state index in [1.54, 1.807) is 6.07 Å². The van der Waals surface area contributed by atoms with E-state index in [4.69, 9.17) is 9.47 Å². The molecule has 1 aromatic carbocycles. The summed E-state index contributed by atoms with van der Waals surface area (Å²) in [6, 6.07) is 7.35. The van der Waals surface area contributed by atoms with Crippen molar-refractivity contribution in [2.75, 3.05) is 20.3 Å². The third-order valence-corrected chi connectivity index (χ3v) is 5.79. The quantitative estimate of drug-likeness (QED) is 0.784. The molecule has 0 radical (unpaired) electrons. The normalized spacial score (nSPS) is 23.5. The number of ether oxygens (including phenoxy) is 2. The molecule has 148 valence electrons. The summed E-state index contributed by atoms with van der Waals surface area (Å²) >= 11 is 0. The summed E-state index contributed by atoms with van der Waals surface area (Å²) in [4.78, 5) is 18.8. The number of hydrogen-bond donors (Lipinski definition) is 0. The molecular formula is C21H22F2N2O3. The van der Waals surface area contributed by atoms with Crippen molar-refractivity contribution in [2.45, 2.75) is 25.3 Å². The number of aromatic nitrogens is 1. The van der Waals surface area contributed by atoms with Crippen LogP contribution in [0.3, 0.4) is 0 Å². The van der Waals surface area contributed by atoms with E-state index in [1.807, 2.05) is 4.90 Å². The van der Waals surface area contributed by atoms with Gasteiger partial charge in [-0.1, -0.05) is 6.07 Å². The maximum Gasteiger partial charge on any atom is 0.257 e. The molecule has 0 spiro atoms. The Bertz CT molecular complexity index is 859. The topological polar surface area (TPSA) is 51.7 Å². The molecule has 1 aliphatic carbocycles. The van der Waals surface area contributed by atoms with Crippen LogP contribution in [0.2, 0.25) is 0 Å². The van der Waals surface area contributed by atoms with Gasteiger partial charge in [-0.05, 0) is 49.3 Å². The first kappa shape index (κ1) is 18.7. The third kappa shape index (κ3) is 3.53. The lowest BCUT2D eigenvalue weighted by Gasteiger charge is -2.49. The number of hydrogen-bond acceptors (Lipinski definition) is 4. The minimum atomic E-state index is -0.534. The largest absolute Gasteiger partial charge is 0.493 e. The number of fused-ring (bicyclic) bond motifs is 3. The van der Waals surface area contributed by atoms with Gasteiger partial charge in [0.1, 0.15) is 5.82 Å². The summed E-state index contributed by atoms with van der Waals surface area (Å²) in [5.41, 5.74) is 0.262. The molecule has 3 heterocycles. The molecule has 1 amide bonds. The molecule has 2 aromatic rings. The standard InChI is InChI=1S/C21H22F2N2O3/c1-27-20-17(3-2-4-18(20)23)21(26)25-11-13-5-7-16(25)9-14(13)12-28-19-8-6-15(22)10-24-19/h2-4,6,8,10,13-14,16H,5,7,9,11-12H2,1H3. The average Bonchev–Trinajstić information content (AvgIpc) is 2.73. The predicted molar refractivity (Wildman–Crippen MR) is 98.3 cm³/mol. The Morgan fingerprint density at radius 1 is 1.25 bits per heavy atom. The maximum absolute atomic E-state index is 14.0. The van der Waals surface area contributed by atoms with Crippen LogP contribution in [0.5, 0.6) is 11.6 Å². The van der Waals surface area contributed by atoms with Crippen molar-refractivity contribution >= 4 is 5.91 Å². The van der Waals surface area contributed by atoms with Gasteiger partial charge < -0.3 is 14.4 Å². The summed E-state index contributed by atoms with van der Waals surface area (Å²) < 4.78 is 37.8. The number of rotatable bonds is 5. The molecule has 7 heteroatoms. The van der Waals surface area contributed by atoms with E-state index in [0.717, 1.165) is 25.5 Å². The van der Waals surface area contributed by atoms with Gasteiger partial charge in [0, 0.05) is 18.7 Å². The van der Waals surface area contributed by atoms with Gasteiger partial charge in [0.15, 0.2) is 11.6 Å². The van der Waals surface area contributed by atoms with Gasteiger partial charge in [-0.2, -0.15) is 0 Å². The van der Waals surface area contributed by atoms with Crippen LogP contribution in [0.15, 0.2) is 36.5 Å². The molecule has 3 fully saturated rings. The van der Waals surface area contributed by atoms with E-state index < -0.39 is 11.6 Å². The number of methoxy groups -OCH3 is 1. The fourth-order valence-electron chi connectivity index (χ4n) is 4.36. The maximum atomic E-state index is 14.0. The number of pyridine rings is 1. The van der Waals surface area contributed by atoms with Crippen molar-refractivity contribution in [1.29, 1.82) is 0 Å². The van der Waals surface area contributed by atoms with Crippen molar-refractivity contribution in [2.24, 2.45) is 11.8 Å². The van der Waals surface area contributed by atoms with Crippen molar-refractivity contribution < 1.29 is 23.0 Å². The molecule has 1 aromatic heterocycles. The molecule has 1 saturated carbocycles. The number of benzene rings is 1. The molecule has 2 aliphatic heterocycles. The van der Waals surface area contributed by atoms with E-state index >= 15 is 0 Å². The minimum absolute atomic E-state index is 0.00351. The van der Waals surface area contributed by atoms with Gasteiger partial charge in [0.05, 0.1) is 25.5 Å². The molecule has 5 nitrogen and oxygen atoms in total. The number of halogens is 2. The highest BCUT2D eigenvalue weighted by Crippen LogP contribution is 2.41. The van der Waals surface area contributed by atoms with E-state index in [9.17, 15) is 13.6 Å².